The fourth-order valence-corrected chi connectivity index (χ4v) is 2.61. The molecule has 1 amide bonds. The third-order valence-corrected chi connectivity index (χ3v) is 3.94. The Bertz CT molecular complexity index is 960. The average molecular weight is 368 g/mol. The highest BCUT2D eigenvalue weighted by Crippen LogP contribution is 2.20. The van der Waals surface area contributed by atoms with Crippen molar-refractivity contribution in [1.82, 2.24) is 9.97 Å². The molecule has 7 heteroatoms. The second kappa shape index (κ2) is 7.90. The van der Waals surface area contributed by atoms with Crippen molar-refractivity contribution in [2.45, 2.75) is 13.8 Å². The lowest BCUT2D eigenvalue weighted by molar-refractivity contribution is 0.0983. The number of aromatic nitrogens is 2. The van der Waals surface area contributed by atoms with Gasteiger partial charge in [-0.2, -0.15) is 0 Å². The molecule has 0 saturated heterocycles. The molecule has 2 aromatic carbocycles. The standard InChI is InChI=1S/C20H18F2N4O/c1-3-26(15-6-4-5-13(2)9-15)20(27)18-11-24-19(12-23-18)25-17-8-7-14(21)10-16(17)22/h4-12H,3H2,1-2H3,(H,24,25). The molecule has 0 atom stereocenters. The summed E-state index contributed by atoms with van der Waals surface area (Å²) in [5, 5.41) is 2.71. The molecule has 0 aliphatic rings. The number of halogens is 2. The lowest BCUT2D eigenvalue weighted by Crippen LogP contribution is -2.31. The number of nitrogens with one attached hydrogen (secondary N) is 1. The van der Waals surface area contributed by atoms with E-state index in [2.05, 4.69) is 15.3 Å². The largest absolute Gasteiger partial charge is 0.337 e. The van der Waals surface area contributed by atoms with Gasteiger partial charge in [0.1, 0.15) is 23.1 Å². The predicted molar refractivity (Wildman–Crippen MR) is 100 cm³/mol. The molecular weight excluding hydrogens is 350 g/mol. The van der Waals surface area contributed by atoms with Gasteiger partial charge in [0.2, 0.25) is 0 Å². The Morgan fingerprint density at radius 2 is 1.93 bits per heavy atom. The molecule has 0 saturated carbocycles. The molecule has 1 heterocycles. The lowest BCUT2D eigenvalue weighted by atomic mass is 10.2. The molecule has 138 valence electrons. The summed E-state index contributed by atoms with van der Waals surface area (Å²) in [6.45, 7) is 4.31. The fraction of sp³-hybridized carbons (Fsp3) is 0.150. The van der Waals surface area contributed by atoms with E-state index in [4.69, 9.17) is 0 Å². The summed E-state index contributed by atoms with van der Waals surface area (Å²) < 4.78 is 26.7. The first-order chi connectivity index (χ1) is 13.0. The highest BCUT2D eigenvalue weighted by Gasteiger charge is 2.18. The van der Waals surface area contributed by atoms with E-state index in [1.807, 2.05) is 38.1 Å². The van der Waals surface area contributed by atoms with Crippen LogP contribution in [0.1, 0.15) is 23.0 Å². The van der Waals surface area contributed by atoms with Gasteiger partial charge in [0.15, 0.2) is 0 Å². The van der Waals surface area contributed by atoms with Crippen LogP contribution in [0.25, 0.3) is 0 Å². The van der Waals surface area contributed by atoms with Crippen LogP contribution in [0.3, 0.4) is 0 Å². The van der Waals surface area contributed by atoms with Gasteiger partial charge in [-0.15, -0.1) is 0 Å². The summed E-state index contributed by atoms with van der Waals surface area (Å²) in [5.74, 6) is -1.44. The summed E-state index contributed by atoms with van der Waals surface area (Å²) in [7, 11) is 0. The molecule has 0 bridgehead atoms. The summed E-state index contributed by atoms with van der Waals surface area (Å²) in [6, 6.07) is 10.8. The highest BCUT2D eigenvalue weighted by atomic mass is 19.1. The third kappa shape index (κ3) is 4.25. The molecule has 0 radical (unpaired) electrons. The number of carbonyl (C=O) groups is 1. The van der Waals surface area contributed by atoms with E-state index >= 15 is 0 Å². The summed E-state index contributed by atoms with van der Waals surface area (Å²) >= 11 is 0. The first-order valence-electron chi connectivity index (χ1n) is 8.40. The molecule has 5 nitrogen and oxygen atoms in total. The molecule has 0 spiro atoms. The number of anilines is 3. The van der Waals surface area contributed by atoms with Crippen molar-refractivity contribution >= 4 is 23.1 Å². The fourth-order valence-electron chi connectivity index (χ4n) is 2.61. The van der Waals surface area contributed by atoms with E-state index in [1.165, 1.54) is 18.5 Å². The van der Waals surface area contributed by atoms with Gasteiger partial charge in [0.25, 0.3) is 5.91 Å². The third-order valence-electron chi connectivity index (χ3n) is 3.94. The molecule has 3 rings (SSSR count). The Labute approximate surface area is 155 Å². The van der Waals surface area contributed by atoms with Crippen LogP contribution < -0.4 is 10.2 Å². The number of nitrogens with zero attached hydrogens (tertiary/aromatic N) is 3. The van der Waals surface area contributed by atoms with Gasteiger partial charge in [0.05, 0.1) is 18.1 Å². The molecule has 0 fully saturated rings. The monoisotopic (exact) mass is 368 g/mol. The summed E-state index contributed by atoms with van der Waals surface area (Å²) in [6.07, 6.45) is 2.66. The van der Waals surface area contributed by atoms with Gasteiger partial charge in [-0.3, -0.25) is 4.79 Å². The second-order valence-electron chi connectivity index (χ2n) is 5.92. The van der Waals surface area contributed by atoms with E-state index < -0.39 is 11.6 Å². The number of benzene rings is 2. The smallest absolute Gasteiger partial charge is 0.278 e. The molecule has 27 heavy (non-hydrogen) atoms. The maximum atomic E-state index is 13.7. The van der Waals surface area contributed by atoms with Crippen molar-refractivity contribution < 1.29 is 13.6 Å². The number of carbonyl (C=O) groups excluding carboxylic acids is 1. The lowest BCUT2D eigenvalue weighted by Gasteiger charge is -2.21. The van der Waals surface area contributed by atoms with E-state index in [9.17, 15) is 13.6 Å². The summed E-state index contributed by atoms with van der Waals surface area (Å²) in [4.78, 5) is 22.6. The molecule has 0 unspecified atom stereocenters. The number of aryl methyl sites for hydroxylation is 1. The van der Waals surface area contributed by atoms with Crippen LogP contribution in [-0.2, 0) is 0 Å². The minimum Gasteiger partial charge on any atom is -0.337 e. The van der Waals surface area contributed by atoms with Crippen molar-refractivity contribution in [3.8, 4) is 0 Å². The van der Waals surface area contributed by atoms with Gasteiger partial charge in [-0.1, -0.05) is 12.1 Å². The quantitative estimate of drug-likeness (QED) is 0.722. The van der Waals surface area contributed by atoms with Crippen LogP contribution in [0.5, 0.6) is 0 Å². The van der Waals surface area contributed by atoms with Gasteiger partial charge < -0.3 is 10.2 Å². The zero-order valence-corrected chi connectivity index (χ0v) is 14.9. The molecule has 0 aliphatic heterocycles. The molecule has 3 aromatic rings. The zero-order chi connectivity index (χ0) is 19.4. The van der Waals surface area contributed by atoms with E-state index in [0.717, 1.165) is 23.4 Å². The molecule has 1 aromatic heterocycles. The maximum absolute atomic E-state index is 13.7. The Morgan fingerprint density at radius 3 is 2.56 bits per heavy atom. The first-order valence-corrected chi connectivity index (χ1v) is 8.40. The second-order valence-corrected chi connectivity index (χ2v) is 5.92. The van der Waals surface area contributed by atoms with Crippen molar-refractivity contribution in [1.29, 1.82) is 0 Å². The van der Waals surface area contributed by atoms with Crippen LogP contribution in [-0.4, -0.2) is 22.4 Å². The molecule has 1 N–H and O–H groups in total. The summed E-state index contributed by atoms with van der Waals surface area (Å²) in [5.41, 5.74) is 2.06. The van der Waals surface area contributed by atoms with Crippen molar-refractivity contribution in [3.05, 3.63) is 77.8 Å². The molecule has 0 aliphatic carbocycles. The van der Waals surface area contributed by atoms with Crippen LogP contribution in [0.15, 0.2) is 54.9 Å². The van der Waals surface area contributed by atoms with Crippen LogP contribution in [0, 0.1) is 18.6 Å². The van der Waals surface area contributed by atoms with E-state index in [-0.39, 0.29) is 23.1 Å². The van der Waals surface area contributed by atoms with Crippen LogP contribution >= 0.6 is 0 Å². The first kappa shape index (κ1) is 18.4. The average Bonchev–Trinajstić information content (AvgIpc) is 2.65. The van der Waals surface area contributed by atoms with E-state index in [1.54, 1.807) is 4.90 Å². The van der Waals surface area contributed by atoms with Gasteiger partial charge in [-0.05, 0) is 43.7 Å². The number of rotatable bonds is 5. The number of hydrogen-bond donors (Lipinski definition) is 1. The highest BCUT2D eigenvalue weighted by molar-refractivity contribution is 6.04. The Morgan fingerprint density at radius 1 is 1.11 bits per heavy atom. The normalized spacial score (nSPS) is 10.5. The van der Waals surface area contributed by atoms with Crippen LogP contribution in [0.4, 0.5) is 26.0 Å². The number of amides is 1. The van der Waals surface area contributed by atoms with E-state index in [0.29, 0.717) is 6.54 Å². The SMILES string of the molecule is CCN(C(=O)c1cnc(Nc2ccc(F)cc2F)cn1)c1cccc(C)c1. The Balaban J connectivity index is 1.78. The van der Waals surface area contributed by atoms with Gasteiger partial charge >= 0.3 is 0 Å². The minimum atomic E-state index is -0.742. The minimum absolute atomic E-state index is 0.0692. The number of hydrogen-bond acceptors (Lipinski definition) is 4. The molecular formula is C20H18F2N4O. The Kier molecular flexibility index (Phi) is 5.40. The van der Waals surface area contributed by atoms with Crippen molar-refractivity contribution in [3.63, 3.8) is 0 Å². The maximum Gasteiger partial charge on any atom is 0.278 e. The van der Waals surface area contributed by atoms with Gasteiger partial charge in [0, 0.05) is 18.3 Å². The Hall–Kier alpha value is -3.35. The van der Waals surface area contributed by atoms with Crippen molar-refractivity contribution in [2.24, 2.45) is 0 Å². The van der Waals surface area contributed by atoms with Crippen molar-refractivity contribution in [2.75, 3.05) is 16.8 Å². The topological polar surface area (TPSA) is 58.1 Å². The predicted octanol–water partition coefficient (Wildman–Crippen LogP) is 4.47. The zero-order valence-electron chi connectivity index (χ0n) is 14.9. The van der Waals surface area contributed by atoms with Crippen LogP contribution in [0.2, 0.25) is 0 Å². The van der Waals surface area contributed by atoms with Gasteiger partial charge in [-0.25, -0.2) is 18.7 Å².